The molecular formula is C24H27N9O. The van der Waals surface area contributed by atoms with Crippen LogP contribution in [0.4, 0.5) is 17.3 Å². The molecule has 0 spiro atoms. The maximum atomic E-state index is 11.3. The first-order valence-corrected chi connectivity index (χ1v) is 11.4. The highest BCUT2D eigenvalue weighted by atomic mass is 16.1. The number of carbonyl (C=O) groups excluding carboxylic acids is 1. The van der Waals surface area contributed by atoms with Crippen LogP contribution in [0.1, 0.15) is 38.2 Å². The molecule has 1 saturated carbocycles. The fourth-order valence-electron chi connectivity index (χ4n) is 4.38. The van der Waals surface area contributed by atoms with E-state index in [0.717, 1.165) is 59.7 Å². The molecule has 1 aliphatic carbocycles. The third-order valence-electron chi connectivity index (χ3n) is 6.04. The molecule has 1 fully saturated rings. The molecule has 1 aliphatic rings. The Kier molecular flexibility index (Phi) is 6.03. The van der Waals surface area contributed by atoms with Crippen LogP contribution in [0.5, 0.6) is 0 Å². The van der Waals surface area contributed by atoms with E-state index in [-0.39, 0.29) is 18.0 Å². The quantitative estimate of drug-likeness (QED) is 0.402. The van der Waals surface area contributed by atoms with Gasteiger partial charge in [-0.25, -0.2) is 24.9 Å². The van der Waals surface area contributed by atoms with Gasteiger partial charge in [-0.2, -0.15) is 0 Å². The van der Waals surface area contributed by atoms with Gasteiger partial charge in [-0.1, -0.05) is 0 Å². The summed E-state index contributed by atoms with van der Waals surface area (Å²) >= 11 is 0. The highest BCUT2D eigenvalue weighted by Gasteiger charge is 2.22. The van der Waals surface area contributed by atoms with Gasteiger partial charge in [-0.3, -0.25) is 9.20 Å². The summed E-state index contributed by atoms with van der Waals surface area (Å²) in [7, 11) is 0. The summed E-state index contributed by atoms with van der Waals surface area (Å²) in [6.07, 6.45) is 14.4. The summed E-state index contributed by atoms with van der Waals surface area (Å²) in [6.45, 7) is 3.57. The summed E-state index contributed by atoms with van der Waals surface area (Å²) in [4.78, 5) is 33.3. The Labute approximate surface area is 197 Å². The molecule has 4 aromatic rings. The fourth-order valence-corrected chi connectivity index (χ4v) is 4.38. The molecule has 0 unspecified atom stereocenters. The van der Waals surface area contributed by atoms with Gasteiger partial charge in [-0.15, -0.1) is 0 Å². The number of nitrogens with one attached hydrogen (secondary N) is 3. The van der Waals surface area contributed by atoms with Crippen LogP contribution in [0.25, 0.3) is 17.0 Å². The van der Waals surface area contributed by atoms with Crippen LogP contribution in [0.15, 0.2) is 49.4 Å². The monoisotopic (exact) mass is 457 g/mol. The van der Waals surface area contributed by atoms with Crippen LogP contribution < -0.4 is 16.0 Å². The van der Waals surface area contributed by atoms with Gasteiger partial charge >= 0.3 is 0 Å². The van der Waals surface area contributed by atoms with Crippen molar-refractivity contribution in [3.05, 3.63) is 55.0 Å². The van der Waals surface area contributed by atoms with Gasteiger partial charge in [0.2, 0.25) is 11.9 Å². The Morgan fingerprint density at radius 1 is 0.971 bits per heavy atom. The molecule has 10 nitrogen and oxygen atoms in total. The second kappa shape index (κ2) is 9.42. The fraction of sp³-hybridized carbons (Fsp3) is 0.333. The highest BCUT2D eigenvalue weighted by molar-refractivity contribution is 5.73. The van der Waals surface area contributed by atoms with Crippen LogP contribution >= 0.6 is 0 Å². The maximum absolute atomic E-state index is 11.3. The molecule has 0 radical (unpaired) electrons. The van der Waals surface area contributed by atoms with Crippen molar-refractivity contribution in [3.63, 3.8) is 0 Å². The number of pyridine rings is 1. The Balaban J connectivity index is 1.36. The van der Waals surface area contributed by atoms with Crippen LogP contribution in [-0.4, -0.2) is 47.3 Å². The molecule has 34 heavy (non-hydrogen) atoms. The summed E-state index contributed by atoms with van der Waals surface area (Å²) < 4.78 is 2.02. The summed E-state index contributed by atoms with van der Waals surface area (Å²) in [5, 5.41) is 9.82. The van der Waals surface area contributed by atoms with Gasteiger partial charge in [0.15, 0.2) is 0 Å². The van der Waals surface area contributed by atoms with Crippen LogP contribution in [0.3, 0.4) is 0 Å². The second-order valence-corrected chi connectivity index (χ2v) is 8.66. The van der Waals surface area contributed by atoms with E-state index in [1.54, 1.807) is 19.3 Å². The van der Waals surface area contributed by atoms with Crippen molar-refractivity contribution in [1.29, 1.82) is 0 Å². The zero-order valence-electron chi connectivity index (χ0n) is 19.2. The molecule has 0 atom stereocenters. The molecule has 4 aromatic heterocycles. The van der Waals surface area contributed by atoms with E-state index in [4.69, 9.17) is 4.98 Å². The normalized spacial score (nSPS) is 17.9. The Morgan fingerprint density at radius 3 is 2.50 bits per heavy atom. The molecule has 0 aliphatic heterocycles. The zero-order valence-corrected chi connectivity index (χ0v) is 19.2. The molecule has 5 rings (SSSR count). The van der Waals surface area contributed by atoms with Crippen molar-refractivity contribution in [2.75, 3.05) is 10.6 Å². The predicted octanol–water partition coefficient (Wildman–Crippen LogP) is 3.49. The maximum Gasteiger partial charge on any atom is 0.223 e. The average molecular weight is 458 g/mol. The average Bonchev–Trinajstić information content (AvgIpc) is 3.25. The first kappa shape index (κ1) is 21.7. The van der Waals surface area contributed by atoms with Gasteiger partial charge < -0.3 is 16.0 Å². The molecule has 4 heterocycles. The van der Waals surface area contributed by atoms with E-state index in [0.29, 0.717) is 5.95 Å². The van der Waals surface area contributed by atoms with E-state index in [1.165, 1.54) is 6.33 Å². The Morgan fingerprint density at radius 2 is 1.74 bits per heavy atom. The van der Waals surface area contributed by atoms with Gasteiger partial charge in [0.05, 0.1) is 41.4 Å². The lowest BCUT2D eigenvalue weighted by Gasteiger charge is -2.29. The van der Waals surface area contributed by atoms with Crippen molar-refractivity contribution in [1.82, 2.24) is 34.6 Å². The van der Waals surface area contributed by atoms with E-state index in [1.807, 2.05) is 42.0 Å². The van der Waals surface area contributed by atoms with E-state index in [2.05, 4.69) is 35.9 Å². The number of anilines is 3. The third-order valence-corrected chi connectivity index (χ3v) is 6.04. The standard InChI is InChI=1S/C24H27N9O/c1-15-9-28-24(31-18-5-3-17(4-6-18)29-16(2)34)32-23(15)21-12-27-22-8-7-19(13-33(21)22)30-20-10-25-14-26-11-20/h7-14,17-18,30H,3-6H2,1-2H3,(H,29,34)(H,28,31,32). The number of fused-ring (bicyclic) bond motifs is 1. The third kappa shape index (κ3) is 4.80. The number of amides is 1. The molecule has 0 aromatic carbocycles. The van der Waals surface area contributed by atoms with Crippen molar-refractivity contribution in [3.8, 4) is 11.4 Å². The Bertz CT molecular complexity index is 1300. The summed E-state index contributed by atoms with van der Waals surface area (Å²) in [5.41, 5.74) is 5.21. The lowest BCUT2D eigenvalue weighted by Crippen LogP contribution is -2.39. The molecule has 174 valence electrons. The molecular weight excluding hydrogens is 430 g/mol. The molecule has 10 heteroatoms. The van der Waals surface area contributed by atoms with E-state index >= 15 is 0 Å². The number of hydrogen-bond acceptors (Lipinski definition) is 8. The van der Waals surface area contributed by atoms with E-state index < -0.39 is 0 Å². The minimum atomic E-state index is 0.0337. The second-order valence-electron chi connectivity index (χ2n) is 8.66. The molecule has 1 amide bonds. The number of carbonyl (C=O) groups is 1. The smallest absolute Gasteiger partial charge is 0.223 e. The summed E-state index contributed by atoms with van der Waals surface area (Å²) in [6, 6.07) is 4.47. The number of rotatable bonds is 6. The first-order chi connectivity index (χ1) is 16.5. The number of imidazole rings is 1. The number of hydrogen-bond donors (Lipinski definition) is 3. The molecule has 0 bridgehead atoms. The number of aryl methyl sites for hydroxylation is 1. The lowest BCUT2D eigenvalue weighted by atomic mass is 9.91. The largest absolute Gasteiger partial charge is 0.354 e. The van der Waals surface area contributed by atoms with Crippen LogP contribution in [0.2, 0.25) is 0 Å². The predicted molar refractivity (Wildman–Crippen MR) is 130 cm³/mol. The molecule has 0 saturated heterocycles. The Hall–Kier alpha value is -4.08. The van der Waals surface area contributed by atoms with Gasteiger partial charge in [0.1, 0.15) is 12.0 Å². The minimum Gasteiger partial charge on any atom is -0.354 e. The van der Waals surface area contributed by atoms with Gasteiger partial charge in [-0.05, 0) is 50.3 Å². The van der Waals surface area contributed by atoms with Crippen molar-refractivity contribution in [2.45, 2.75) is 51.6 Å². The highest BCUT2D eigenvalue weighted by Crippen LogP contribution is 2.27. The van der Waals surface area contributed by atoms with E-state index in [9.17, 15) is 4.79 Å². The van der Waals surface area contributed by atoms with Crippen LogP contribution in [0, 0.1) is 6.92 Å². The number of nitrogens with zero attached hydrogens (tertiary/aromatic N) is 6. The van der Waals surface area contributed by atoms with Crippen molar-refractivity contribution >= 4 is 28.9 Å². The van der Waals surface area contributed by atoms with Crippen LogP contribution in [-0.2, 0) is 4.79 Å². The number of aromatic nitrogens is 6. The van der Waals surface area contributed by atoms with Crippen molar-refractivity contribution < 1.29 is 4.79 Å². The SMILES string of the molecule is CC(=O)NC1CCC(Nc2ncc(C)c(-c3cnc4ccc(Nc5cncnc5)cn34)n2)CC1. The molecule has 3 N–H and O–H groups in total. The topological polar surface area (TPSA) is 122 Å². The first-order valence-electron chi connectivity index (χ1n) is 11.4. The van der Waals surface area contributed by atoms with Gasteiger partial charge in [0, 0.05) is 31.4 Å². The minimum absolute atomic E-state index is 0.0337. The zero-order chi connectivity index (χ0) is 23.5. The lowest BCUT2D eigenvalue weighted by molar-refractivity contribution is -0.119. The van der Waals surface area contributed by atoms with Gasteiger partial charge in [0.25, 0.3) is 0 Å². The van der Waals surface area contributed by atoms with Crippen molar-refractivity contribution in [2.24, 2.45) is 0 Å². The summed E-state index contributed by atoms with van der Waals surface area (Å²) in [5.74, 6) is 0.639.